The van der Waals surface area contributed by atoms with Crippen LogP contribution in [0.25, 0.3) is 0 Å². The number of likely N-dealkylation sites (N-methyl/N-ethyl adjacent to an activating group) is 1. The van der Waals surface area contributed by atoms with Crippen LogP contribution in [0, 0.1) is 5.92 Å². The number of nitrogens with zero attached hydrogens (tertiary/aromatic N) is 1. The van der Waals surface area contributed by atoms with E-state index >= 15 is 0 Å². The average Bonchev–Trinajstić information content (AvgIpc) is 2.06. The third-order valence-electron chi connectivity index (χ3n) is 3.61. The summed E-state index contributed by atoms with van der Waals surface area (Å²) >= 11 is 0. The number of piperidine rings is 3. The Morgan fingerprint density at radius 2 is 2.00 bits per heavy atom. The highest BCUT2D eigenvalue weighted by atomic mass is 15.2. The largest absolute Gasteiger partial charge is 0.313 e. The van der Waals surface area contributed by atoms with Crippen LogP contribution in [0.5, 0.6) is 0 Å². The van der Waals surface area contributed by atoms with E-state index in [9.17, 15) is 0 Å². The van der Waals surface area contributed by atoms with Crippen LogP contribution in [0.1, 0.15) is 19.8 Å². The Morgan fingerprint density at radius 1 is 1.36 bits per heavy atom. The number of hydrogen-bond acceptors (Lipinski definition) is 2. The van der Waals surface area contributed by atoms with E-state index in [4.69, 9.17) is 0 Å². The van der Waals surface area contributed by atoms with Crippen molar-refractivity contribution in [3.05, 3.63) is 0 Å². The van der Waals surface area contributed by atoms with Crippen molar-refractivity contribution in [1.29, 1.82) is 0 Å². The molecule has 11 heavy (non-hydrogen) atoms. The number of hydrogen-bond donors (Lipinski definition) is 1. The van der Waals surface area contributed by atoms with Gasteiger partial charge in [-0.15, -0.1) is 0 Å². The molecule has 3 aliphatic heterocycles. The molecule has 1 N–H and O–H groups in total. The Hall–Kier alpha value is -0.0800. The molecule has 1 atom stereocenters. The lowest BCUT2D eigenvalue weighted by Crippen LogP contribution is -2.63. The zero-order valence-corrected chi connectivity index (χ0v) is 7.56. The van der Waals surface area contributed by atoms with Crippen LogP contribution in [-0.4, -0.2) is 37.1 Å². The van der Waals surface area contributed by atoms with Crippen molar-refractivity contribution >= 4 is 0 Å². The van der Waals surface area contributed by atoms with Crippen LogP contribution in [-0.2, 0) is 0 Å². The number of fused-ring (bicyclic) bond motifs is 3. The molecule has 0 aromatic carbocycles. The Labute approximate surface area is 69.0 Å². The molecule has 0 aromatic rings. The predicted molar refractivity (Wildman–Crippen MR) is 46.6 cm³/mol. The standard InChI is InChI=1S/C9H18N2/c1-9(10-2)7-11-5-3-8(9)4-6-11/h8,10H,3-7H2,1-2H3. The Balaban J connectivity index is 2.13. The van der Waals surface area contributed by atoms with E-state index in [0.717, 1.165) is 5.92 Å². The first kappa shape index (κ1) is 7.56. The lowest BCUT2D eigenvalue weighted by molar-refractivity contribution is 0.0210. The van der Waals surface area contributed by atoms with Crippen LogP contribution >= 0.6 is 0 Å². The zero-order chi connectivity index (χ0) is 7.90. The molecule has 2 nitrogen and oxygen atoms in total. The molecule has 1 unspecified atom stereocenters. The summed E-state index contributed by atoms with van der Waals surface area (Å²) < 4.78 is 0. The molecule has 3 fully saturated rings. The molecule has 3 aliphatic rings. The van der Waals surface area contributed by atoms with E-state index in [-0.39, 0.29) is 0 Å². The molecular formula is C9H18N2. The van der Waals surface area contributed by atoms with E-state index in [1.54, 1.807) is 0 Å². The molecule has 0 radical (unpaired) electrons. The van der Waals surface area contributed by atoms with Gasteiger partial charge in [0.25, 0.3) is 0 Å². The minimum absolute atomic E-state index is 0.413. The first-order valence-electron chi connectivity index (χ1n) is 4.66. The van der Waals surface area contributed by atoms with Gasteiger partial charge in [-0.05, 0) is 45.8 Å². The Bertz CT molecular complexity index is 150. The maximum Gasteiger partial charge on any atom is 0.0306 e. The lowest BCUT2D eigenvalue weighted by atomic mass is 9.74. The van der Waals surface area contributed by atoms with E-state index in [0.29, 0.717) is 5.54 Å². The van der Waals surface area contributed by atoms with Crippen molar-refractivity contribution in [2.24, 2.45) is 5.92 Å². The maximum absolute atomic E-state index is 3.47. The van der Waals surface area contributed by atoms with Gasteiger partial charge in [-0.3, -0.25) is 0 Å². The van der Waals surface area contributed by atoms with Crippen LogP contribution in [0.15, 0.2) is 0 Å². The molecule has 64 valence electrons. The Kier molecular flexibility index (Phi) is 1.69. The molecule has 0 spiro atoms. The topological polar surface area (TPSA) is 15.3 Å². The first-order valence-corrected chi connectivity index (χ1v) is 4.66. The summed E-state index contributed by atoms with van der Waals surface area (Å²) in [6.45, 7) is 6.29. The SMILES string of the molecule is CNC1(C)CN2CCC1CC2. The minimum atomic E-state index is 0.413. The van der Waals surface area contributed by atoms with Gasteiger partial charge < -0.3 is 10.2 Å². The third kappa shape index (κ3) is 1.09. The van der Waals surface area contributed by atoms with Gasteiger partial charge in [-0.2, -0.15) is 0 Å². The highest BCUT2D eigenvalue weighted by Crippen LogP contribution is 2.34. The summed E-state index contributed by atoms with van der Waals surface area (Å²) in [5.41, 5.74) is 0.413. The van der Waals surface area contributed by atoms with Gasteiger partial charge >= 0.3 is 0 Å². The van der Waals surface area contributed by atoms with E-state index < -0.39 is 0 Å². The minimum Gasteiger partial charge on any atom is -0.313 e. The third-order valence-corrected chi connectivity index (χ3v) is 3.61. The van der Waals surface area contributed by atoms with Crippen LogP contribution in [0.4, 0.5) is 0 Å². The monoisotopic (exact) mass is 154 g/mol. The highest BCUT2D eigenvalue weighted by molar-refractivity contribution is 5.00. The van der Waals surface area contributed by atoms with Gasteiger partial charge in [0, 0.05) is 12.1 Å². The second-order valence-electron chi connectivity index (χ2n) is 4.22. The molecule has 0 aliphatic carbocycles. The van der Waals surface area contributed by atoms with Gasteiger partial charge in [-0.25, -0.2) is 0 Å². The van der Waals surface area contributed by atoms with Crippen LogP contribution in [0.2, 0.25) is 0 Å². The summed E-state index contributed by atoms with van der Waals surface area (Å²) in [7, 11) is 2.10. The second kappa shape index (κ2) is 2.46. The Morgan fingerprint density at radius 3 is 2.27 bits per heavy atom. The van der Waals surface area contributed by atoms with Gasteiger partial charge in [0.05, 0.1) is 0 Å². The zero-order valence-electron chi connectivity index (χ0n) is 7.56. The van der Waals surface area contributed by atoms with Gasteiger partial charge in [0.2, 0.25) is 0 Å². The number of rotatable bonds is 1. The summed E-state index contributed by atoms with van der Waals surface area (Å²) in [4.78, 5) is 2.58. The van der Waals surface area contributed by atoms with Crippen molar-refractivity contribution in [2.75, 3.05) is 26.7 Å². The van der Waals surface area contributed by atoms with E-state index in [1.807, 2.05) is 0 Å². The molecule has 3 heterocycles. The fourth-order valence-corrected chi connectivity index (χ4v) is 2.61. The van der Waals surface area contributed by atoms with Gasteiger partial charge in [-0.1, -0.05) is 0 Å². The average molecular weight is 154 g/mol. The molecule has 2 bridgehead atoms. The van der Waals surface area contributed by atoms with Crippen molar-refractivity contribution < 1.29 is 0 Å². The fraction of sp³-hybridized carbons (Fsp3) is 1.00. The summed E-state index contributed by atoms with van der Waals surface area (Å²) in [6.07, 6.45) is 2.80. The lowest BCUT2D eigenvalue weighted by Gasteiger charge is -2.51. The van der Waals surface area contributed by atoms with Crippen LogP contribution in [0.3, 0.4) is 0 Å². The van der Waals surface area contributed by atoms with Gasteiger partial charge in [0.1, 0.15) is 0 Å². The quantitative estimate of drug-likeness (QED) is 0.598. The van der Waals surface area contributed by atoms with E-state index in [1.165, 1.54) is 32.5 Å². The molecule has 2 heteroatoms. The van der Waals surface area contributed by atoms with Crippen molar-refractivity contribution in [1.82, 2.24) is 10.2 Å². The summed E-state index contributed by atoms with van der Waals surface area (Å²) in [5, 5.41) is 3.47. The van der Waals surface area contributed by atoms with Gasteiger partial charge in [0.15, 0.2) is 0 Å². The first-order chi connectivity index (χ1) is 5.24. The van der Waals surface area contributed by atoms with Crippen LogP contribution < -0.4 is 5.32 Å². The molecule has 3 saturated heterocycles. The normalized spacial score (nSPS) is 49.6. The van der Waals surface area contributed by atoms with E-state index in [2.05, 4.69) is 24.2 Å². The molecule has 3 rings (SSSR count). The maximum atomic E-state index is 3.47. The van der Waals surface area contributed by atoms with Crippen molar-refractivity contribution in [2.45, 2.75) is 25.3 Å². The summed E-state index contributed by atoms with van der Waals surface area (Å²) in [6, 6.07) is 0. The molecular weight excluding hydrogens is 136 g/mol. The summed E-state index contributed by atoms with van der Waals surface area (Å²) in [5.74, 6) is 0.928. The highest BCUT2D eigenvalue weighted by Gasteiger charge is 2.41. The number of nitrogens with one attached hydrogen (secondary N) is 1. The fourth-order valence-electron chi connectivity index (χ4n) is 2.61. The second-order valence-corrected chi connectivity index (χ2v) is 4.22. The molecule has 0 aromatic heterocycles. The predicted octanol–water partition coefficient (Wildman–Crippen LogP) is 0.690. The van der Waals surface area contributed by atoms with Crippen molar-refractivity contribution in [3.63, 3.8) is 0 Å². The van der Waals surface area contributed by atoms with Crippen molar-refractivity contribution in [3.8, 4) is 0 Å². The molecule has 0 saturated carbocycles. The molecule has 0 amide bonds. The smallest absolute Gasteiger partial charge is 0.0306 e.